The predicted molar refractivity (Wildman–Crippen MR) is 87.1 cm³/mol. The number of benzene rings is 2. The van der Waals surface area contributed by atoms with Gasteiger partial charge in [0.25, 0.3) is 5.91 Å². The molecule has 114 valence electrons. The molecule has 0 bridgehead atoms. The van der Waals surface area contributed by atoms with Crippen molar-refractivity contribution < 1.29 is 9.59 Å². The minimum atomic E-state index is -0.435. The van der Waals surface area contributed by atoms with Crippen LogP contribution in [0, 0.1) is 0 Å². The lowest BCUT2D eigenvalue weighted by Crippen LogP contribution is -2.29. The molecule has 2 amide bonds. The zero-order valence-electron chi connectivity index (χ0n) is 12.5. The van der Waals surface area contributed by atoms with Crippen LogP contribution in [-0.2, 0) is 4.79 Å². The van der Waals surface area contributed by atoms with E-state index in [-0.39, 0.29) is 18.9 Å². The number of primary amides is 1. The fourth-order valence-corrected chi connectivity index (χ4v) is 2.14. The molecule has 2 aromatic rings. The lowest BCUT2D eigenvalue weighted by atomic mass is 10.1. The van der Waals surface area contributed by atoms with Crippen LogP contribution in [0.3, 0.4) is 0 Å². The van der Waals surface area contributed by atoms with Gasteiger partial charge in [-0.15, -0.1) is 0 Å². The standard InChI is InChI=1S/C17H19N3O2/c1-20(13-7-3-2-4-8-13)15-10-6-5-9-14(15)17(22)19-12-11-16(18)21/h2-10H,11-12H2,1H3,(H2,18,21)(H,19,22). The third kappa shape index (κ3) is 3.85. The van der Waals surface area contributed by atoms with E-state index in [9.17, 15) is 9.59 Å². The van der Waals surface area contributed by atoms with Gasteiger partial charge in [0.2, 0.25) is 5.91 Å². The van der Waals surface area contributed by atoms with E-state index in [1.807, 2.05) is 60.5 Å². The molecule has 5 heteroatoms. The Balaban J connectivity index is 2.19. The van der Waals surface area contributed by atoms with Crippen molar-refractivity contribution in [3.8, 4) is 0 Å². The zero-order valence-corrected chi connectivity index (χ0v) is 12.5. The summed E-state index contributed by atoms with van der Waals surface area (Å²) in [4.78, 5) is 25.0. The van der Waals surface area contributed by atoms with Crippen LogP contribution in [0.2, 0.25) is 0 Å². The van der Waals surface area contributed by atoms with E-state index in [2.05, 4.69) is 5.32 Å². The largest absolute Gasteiger partial charge is 0.370 e. The molecule has 0 aliphatic carbocycles. The van der Waals surface area contributed by atoms with Gasteiger partial charge in [-0.25, -0.2) is 0 Å². The van der Waals surface area contributed by atoms with Crippen molar-refractivity contribution in [2.24, 2.45) is 5.73 Å². The summed E-state index contributed by atoms with van der Waals surface area (Å²) in [6.45, 7) is 0.234. The molecule has 3 N–H and O–H groups in total. The van der Waals surface area contributed by atoms with Gasteiger partial charge in [-0.2, -0.15) is 0 Å². The van der Waals surface area contributed by atoms with Crippen molar-refractivity contribution in [1.29, 1.82) is 0 Å². The molecule has 2 rings (SSSR count). The number of hydrogen-bond donors (Lipinski definition) is 2. The highest BCUT2D eigenvalue weighted by atomic mass is 16.2. The van der Waals surface area contributed by atoms with Crippen LogP contribution in [0.15, 0.2) is 54.6 Å². The molecule has 0 atom stereocenters. The Labute approximate surface area is 129 Å². The smallest absolute Gasteiger partial charge is 0.253 e. The van der Waals surface area contributed by atoms with Crippen LogP contribution in [-0.4, -0.2) is 25.4 Å². The van der Waals surface area contributed by atoms with Gasteiger partial charge in [0.15, 0.2) is 0 Å². The van der Waals surface area contributed by atoms with Crippen LogP contribution < -0.4 is 16.0 Å². The SMILES string of the molecule is CN(c1ccccc1)c1ccccc1C(=O)NCCC(N)=O. The number of hydrogen-bond acceptors (Lipinski definition) is 3. The maximum atomic E-state index is 12.3. The highest BCUT2D eigenvalue weighted by molar-refractivity contribution is 6.00. The molecule has 0 saturated heterocycles. The maximum absolute atomic E-state index is 12.3. The van der Waals surface area contributed by atoms with Gasteiger partial charge >= 0.3 is 0 Å². The summed E-state index contributed by atoms with van der Waals surface area (Å²) in [5.74, 6) is -0.658. The number of para-hydroxylation sites is 2. The molecule has 5 nitrogen and oxygen atoms in total. The molecular weight excluding hydrogens is 278 g/mol. The monoisotopic (exact) mass is 297 g/mol. The minimum absolute atomic E-state index is 0.127. The van der Waals surface area contributed by atoms with E-state index in [4.69, 9.17) is 5.73 Å². The predicted octanol–water partition coefficient (Wildman–Crippen LogP) is 2.06. The minimum Gasteiger partial charge on any atom is -0.370 e. The number of carbonyl (C=O) groups excluding carboxylic acids is 2. The van der Waals surface area contributed by atoms with Gasteiger partial charge in [-0.05, 0) is 24.3 Å². The average Bonchev–Trinajstić information content (AvgIpc) is 2.54. The molecule has 0 aliphatic rings. The van der Waals surface area contributed by atoms with Crippen molar-refractivity contribution in [3.05, 3.63) is 60.2 Å². The summed E-state index contributed by atoms with van der Waals surface area (Å²) in [6.07, 6.45) is 0.127. The number of carbonyl (C=O) groups is 2. The molecule has 0 aromatic heterocycles. The second-order valence-electron chi connectivity index (χ2n) is 4.88. The first kappa shape index (κ1) is 15.6. The fraction of sp³-hybridized carbons (Fsp3) is 0.176. The third-order valence-electron chi connectivity index (χ3n) is 3.31. The molecule has 0 saturated carbocycles. The third-order valence-corrected chi connectivity index (χ3v) is 3.31. The number of anilines is 2. The van der Waals surface area contributed by atoms with Crippen molar-refractivity contribution in [2.45, 2.75) is 6.42 Å². The average molecular weight is 297 g/mol. The second-order valence-corrected chi connectivity index (χ2v) is 4.88. The molecule has 0 unspecified atom stereocenters. The first-order chi connectivity index (χ1) is 10.6. The summed E-state index contributed by atoms with van der Waals surface area (Å²) >= 11 is 0. The Bertz CT molecular complexity index is 656. The number of amides is 2. The Morgan fingerprint density at radius 3 is 2.36 bits per heavy atom. The number of nitrogens with zero attached hydrogens (tertiary/aromatic N) is 1. The van der Waals surface area contributed by atoms with Gasteiger partial charge in [-0.3, -0.25) is 9.59 Å². The molecule has 0 spiro atoms. The number of rotatable bonds is 6. The Hall–Kier alpha value is -2.82. The van der Waals surface area contributed by atoms with Crippen molar-refractivity contribution >= 4 is 23.2 Å². The summed E-state index contributed by atoms with van der Waals surface area (Å²) < 4.78 is 0. The Morgan fingerprint density at radius 1 is 1.05 bits per heavy atom. The van der Waals surface area contributed by atoms with Crippen LogP contribution >= 0.6 is 0 Å². The van der Waals surface area contributed by atoms with E-state index in [0.29, 0.717) is 5.56 Å². The topological polar surface area (TPSA) is 75.4 Å². The van der Waals surface area contributed by atoms with E-state index < -0.39 is 5.91 Å². The van der Waals surface area contributed by atoms with Crippen molar-refractivity contribution in [2.75, 3.05) is 18.5 Å². The van der Waals surface area contributed by atoms with Crippen LogP contribution in [0.25, 0.3) is 0 Å². The molecule has 0 fully saturated rings. The van der Waals surface area contributed by atoms with Crippen LogP contribution in [0.1, 0.15) is 16.8 Å². The Morgan fingerprint density at radius 2 is 1.68 bits per heavy atom. The molecule has 0 radical (unpaired) electrons. The summed E-state index contributed by atoms with van der Waals surface area (Å²) in [7, 11) is 1.91. The first-order valence-electron chi connectivity index (χ1n) is 7.04. The number of nitrogens with two attached hydrogens (primary N) is 1. The van der Waals surface area contributed by atoms with Gasteiger partial charge < -0.3 is 16.0 Å². The van der Waals surface area contributed by atoms with E-state index in [1.54, 1.807) is 6.07 Å². The van der Waals surface area contributed by atoms with Gasteiger partial charge in [0.05, 0.1) is 11.3 Å². The maximum Gasteiger partial charge on any atom is 0.253 e. The lowest BCUT2D eigenvalue weighted by Gasteiger charge is -2.22. The molecule has 0 heterocycles. The van der Waals surface area contributed by atoms with Crippen LogP contribution in [0.4, 0.5) is 11.4 Å². The molecule has 0 aliphatic heterocycles. The molecule has 22 heavy (non-hydrogen) atoms. The van der Waals surface area contributed by atoms with Crippen molar-refractivity contribution in [3.63, 3.8) is 0 Å². The molecular formula is C17H19N3O2. The number of nitrogens with one attached hydrogen (secondary N) is 1. The molecule has 2 aromatic carbocycles. The van der Waals surface area contributed by atoms with Crippen molar-refractivity contribution in [1.82, 2.24) is 5.32 Å². The summed E-state index contributed by atoms with van der Waals surface area (Å²) in [5.41, 5.74) is 7.41. The fourth-order valence-electron chi connectivity index (χ4n) is 2.14. The zero-order chi connectivity index (χ0) is 15.9. The van der Waals surface area contributed by atoms with E-state index >= 15 is 0 Å². The van der Waals surface area contributed by atoms with E-state index in [1.165, 1.54) is 0 Å². The van der Waals surface area contributed by atoms with Gasteiger partial charge in [0.1, 0.15) is 0 Å². The van der Waals surface area contributed by atoms with Gasteiger partial charge in [0, 0.05) is 25.7 Å². The van der Waals surface area contributed by atoms with Gasteiger partial charge in [-0.1, -0.05) is 30.3 Å². The van der Waals surface area contributed by atoms with E-state index in [0.717, 1.165) is 11.4 Å². The highest BCUT2D eigenvalue weighted by Gasteiger charge is 2.14. The summed E-state index contributed by atoms with van der Waals surface area (Å²) in [6, 6.07) is 17.1. The quantitative estimate of drug-likeness (QED) is 0.857. The normalized spacial score (nSPS) is 10.0. The highest BCUT2D eigenvalue weighted by Crippen LogP contribution is 2.26. The Kier molecular flexibility index (Phi) is 5.14. The van der Waals surface area contributed by atoms with Crippen LogP contribution in [0.5, 0.6) is 0 Å². The second kappa shape index (κ2) is 7.26. The first-order valence-corrected chi connectivity index (χ1v) is 7.04. The lowest BCUT2D eigenvalue weighted by molar-refractivity contribution is -0.117. The summed E-state index contributed by atoms with van der Waals surface area (Å²) in [5, 5.41) is 2.71.